The number of sulfonamides is 1. The SMILES string of the molecule is C=CCN(CC)S(=O)(=O)c1cc(Br)c(C)c(C(=O)O)c1. The summed E-state index contributed by atoms with van der Waals surface area (Å²) in [4.78, 5) is 11.1. The van der Waals surface area contributed by atoms with Crippen molar-refractivity contribution in [3.8, 4) is 0 Å². The Kier molecular flexibility index (Phi) is 5.50. The molecule has 0 unspecified atom stereocenters. The van der Waals surface area contributed by atoms with Crippen LogP contribution >= 0.6 is 15.9 Å². The molecule has 1 aromatic carbocycles. The van der Waals surface area contributed by atoms with Crippen molar-refractivity contribution in [2.45, 2.75) is 18.7 Å². The van der Waals surface area contributed by atoms with Crippen LogP contribution in [0.3, 0.4) is 0 Å². The van der Waals surface area contributed by atoms with Gasteiger partial charge in [0.15, 0.2) is 0 Å². The molecule has 0 fully saturated rings. The van der Waals surface area contributed by atoms with Crippen molar-refractivity contribution in [1.29, 1.82) is 0 Å². The van der Waals surface area contributed by atoms with Crippen LogP contribution in [0.2, 0.25) is 0 Å². The molecular formula is C13H16BrNO4S. The standard InChI is InChI=1S/C13H16BrNO4S/c1-4-6-15(5-2)20(18,19)10-7-11(13(16)17)9(3)12(14)8-10/h4,7-8H,1,5-6H2,2-3H3,(H,16,17). The summed E-state index contributed by atoms with van der Waals surface area (Å²) in [5.74, 6) is -1.16. The lowest BCUT2D eigenvalue weighted by Gasteiger charge is -2.19. The predicted octanol–water partition coefficient (Wildman–Crippen LogP) is 2.65. The Morgan fingerprint density at radius 1 is 1.50 bits per heavy atom. The number of aromatic carboxylic acids is 1. The second-order valence-corrected chi connectivity index (χ2v) is 6.92. The summed E-state index contributed by atoms with van der Waals surface area (Å²) in [5.41, 5.74) is 0.454. The Balaban J connectivity index is 3.46. The number of benzene rings is 1. The number of carbonyl (C=O) groups is 1. The molecule has 0 spiro atoms. The lowest BCUT2D eigenvalue weighted by atomic mass is 10.1. The summed E-state index contributed by atoms with van der Waals surface area (Å²) in [6.07, 6.45) is 1.49. The minimum atomic E-state index is -3.74. The Morgan fingerprint density at radius 3 is 2.55 bits per heavy atom. The van der Waals surface area contributed by atoms with Crippen LogP contribution in [0, 0.1) is 6.92 Å². The number of halogens is 1. The predicted molar refractivity (Wildman–Crippen MR) is 80.5 cm³/mol. The van der Waals surface area contributed by atoms with Crippen molar-refractivity contribution in [2.75, 3.05) is 13.1 Å². The van der Waals surface area contributed by atoms with E-state index in [1.165, 1.54) is 22.5 Å². The molecule has 0 amide bonds. The van der Waals surface area contributed by atoms with E-state index < -0.39 is 16.0 Å². The topological polar surface area (TPSA) is 74.7 Å². The average Bonchev–Trinajstić information content (AvgIpc) is 2.38. The Hall–Kier alpha value is -1.18. The van der Waals surface area contributed by atoms with Gasteiger partial charge in [0.25, 0.3) is 0 Å². The van der Waals surface area contributed by atoms with Gasteiger partial charge in [0.05, 0.1) is 10.5 Å². The number of carboxylic acids is 1. The van der Waals surface area contributed by atoms with Gasteiger partial charge in [-0.15, -0.1) is 6.58 Å². The molecule has 1 rings (SSSR count). The summed E-state index contributed by atoms with van der Waals surface area (Å²) < 4.78 is 26.6. The average molecular weight is 362 g/mol. The minimum Gasteiger partial charge on any atom is -0.478 e. The number of carboxylic acid groups (broad SMARTS) is 1. The van der Waals surface area contributed by atoms with Crippen LogP contribution in [0.4, 0.5) is 0 Å². The van der Waals surface area contributed by atoms with E-state index in [1.807, 2.05) is 0 Å². The molecule has 0 aliphatic heterocycles. The number of likely N-dealkylation sites (N-methyl/N-ethyl adjacent to an activating group) is 1. The van der Waals surface area contributed by atoms with Gasteiger partial charge in [0, 0.05) is 17.6 Å². The van der Waals surface area contributed by atoms with Crippen LogP contribution in [-0.4, -0.2) is 36.9 Å². The molecule has 1 aromatic rings. The minimum absolute atomic E-state index is 0.0346. The fourth-order valence-corrected chi connectivity index (χ4v) is 3.80. The molecule has 0 atom stereocenters. The molecule has 0 aliphatic rings. The zero-order valence-corrected chi connectivity index (χ0v) is 13.7. The second kappa shape index (κ2) is 6.51. The Bertz CT molecular complexity index is 640. The summed E-state index contributed by atoms with van der Waals surface area (Å²) >= 11 is 3.20. The molecule has 0 heterocycles. The highest BCUT2D eigenvalue weighted by atomic mass is 79.9. The van der Waals surface area contributed by atoms with E-state index in [9.17, 15) is 13.2 Å². The molecule has 0 aliphatic carbocycles. The normalized spacial score (nSPS) is 11.6. The zero-order chi connectivity index (χ0) is 15.5. The summed E-state index contributed by atoms with van der Waals surface area (Å²) in [7, 11) is -3.74. The molecule has 1 N–H and O–H groups in total. The highest BCUT2D eigenvalue weighted by molar-refractivity contribution is 9.10. The zero-order valence-electron chi connectivity index (χ0n) is 11.3. The maximum Gasteiger partial charge on any atom is 0.336 e. The number of hydrogen-bond acceptors (Lipinski definition) is 3. The van der Waals surface area contributed by atoms with E-state index in [2.05, 4.69) is 22.5 Å². The van der Waals surface area contributed by atoms with E-state index in [-0.39, 0.29) is 23.5 Å². The van der Waals surface area contributed by atoms with Gasteiger partial charge >= 0.3 is 5.97 Å². The lowest BCUT2D eigenvalue weighted by molar-refractivity contribution is 0.0695. The Labute approximate surface area is 127 Å². The molecule has 5 nitrogen and oxygen atoms in total. The number of hydrogen-bond donors (Lipinski definition) is 1. The highest BCUT2D eigenvalue weighted by Gasteiger charge is 2.25. The van der Waals surface area contributed by atoms with Gasteiger partial charge < -0.3 is 5.11 Å². The van der Waals surface area contributed by atoms with Crippen molar-refractivity contribution < 1.29 is 18.3 Å². The second-order valence-electron chi connectivity index (χ2n) is 4.13. The van der Waals surface area contributed by atoms with E-state index in [0.717, 1.165) is 0 Å². The van der Waals surface area contributed by atoms with E-state index in [4.69, 9.17) is 5.11 Å². The van der Waals surface area contributed by atoms with E-state index in [1.54, 1.807) is 13.8 Å². The molecule has 7 heteroatoms. The van der Waals surface area contributed by atoms with Gasteiger partial charge in [-0.05, 0) is 24.6 Å². The van der Waals surface area contributed by atoms with Crippen molar-refractivity contribution in [2.24, 2.45) is 0 Å². The maximum atomic E-state index is 12.5. The smallest absolute Gasteiger partial charge is 0.336 e. The Morgan fingerprint density at radius 2 is 2.10 bits per heavy atom. The highest BCUT2D eigenvalue weighted by Crippen LogP contribution is 2.26. The third-order valence-electron chi connectivity index (χ3n) is 2.87. The van der Waals surface area contributed by atoms with Crippen LogP contribution in [0.15, 0.2) is 34.2 Å². The molecule has 0 saturated carbocycles. The summed E-state index contributed by atoms with van der Waals surface area (Å²) in [6, 6.07) is 2.60. The van der Waals surface area contributed by atoms with Crippen LogP contribution in [0.1, 0.15) is 22.8 Å². The first-order valence-electron chi connectivity index (χ1n) is 5.90. The van der Waals surface area contributed by atoms with E-state index in [0.29, 0.717) is 10.0 Å². The van der Waals surface area contributed by atoms with Crippen LogP contribution in [0.25, 0.3) is 0 Å². The first kappa shape index (κ1) is 16.9. The fraction of sp³-hybridized carbons (Fsp3) is 0.308. The fourth-order valence-electron chi connectivity index (χ4n) is 1.72. The van der Waals surface area contributed by atoms with Gasteiger partial charge in [-0.2, -0.15) is 4.31 Å². The molecule has 0 aromatic heterocycles. The summed E-state index contributed by atoms with van der Waals surface area (Å²) in [6.45, 7) is 7.30. The van der Waals surface area contributed by atoms with E-state index >= 15 is 0 Å². The largest absolute Gasteiger partial charge is 0.478 e. The molecule has 0 saturated heterocycles. The third-order valence-corrected chi connectivity index (χ3v) is 5.61. The first-order chi connectivity index (χ1) is 9.25. The maximum absolute atomic E-state index is 12.5. The van der Waals surface area contributed by atoms with Gasteiger partial charge in [0.2, 0.25) is 10.0 Å². The number of nitrogens with zero attached hydrogens (tertiary/aromatic N) is 1. The van der Waals surface area contributed by atoms with Crippen molar-refractivity contribution in [3.05, 3.63) is 40.4 Å². The van der Waals surface area contributed by atoms with Gasteiger partial charge in [-0.1, -0.05) is 28.9 Å². The monoisotopic (exact) mass is 361 g/mol. The quantitative estimate of drug-likeness (QED) is 0.790. The van der Waals surface area contributed by atoms with Crippen LogP contribution in [0.5, 0.6) is 0 Å². The molecular weight excluding hydrogens is 346 g/mol. The van der Waals surface area contributed by atoms with Crippen molar-refractivity contribution in [1.82, 2.24) is 4.31 Å². The first-order valence-corrected chi connectivity index (χ1v) is 8.13. The van der Waals surface area contributed by atoms with Crippen LogP contribution in [-0.2, 0) is 10.0 Å². The van der Waals surface area contributed by atoms with Gasteiger partial charge in [0.1, 0.15) is 0 Å². The number of rotatable bonds is 6. The molecule has 110 valence electrons. The van der Waals surface area contributed by atoms with Crippen LogP contribution < -0.4 is 0 Å². The van der Waals surface area contributed by atoms with Gasteiger partial charge in [-0.3, -0.25) is 0 Å². The molecule has 20 heavy (non-hydrogen) atoms. The lowest BCUT2D eigenvalue weighted by Crippen LogP contribution is -2.31. The van der Waals surface area contributed by atoms with Gasteiger partial charge in [-0.25, -0.2) is 13.2 Å². The summed E-state index contributed by atoms with van der Waals surface area (Å²) in [5, 5.41) is 9.13. The van der Waals surface area contributed by atoms with Crippen molar-refractivity contribution >= 4 is 31.9 Å². The third kappa shape index (κ3) is 3.28. The molecule has 0 radical (unpaired) electrons. The molecule has 0 bridgehead atoms. The van der Waals surface area contributed by atoms with Crippen molar-refractivity contribution in [3.63, 3.8) is 0 Å².